The van der Waals surface area contributed by atoms with Crippen molar-refractivity contribution in [1.29, 1.82) is 0 Å². The van der Waals surface area contributed by atoms with Gasteiger partial charge in [0, 0.05) is 19.6 Å². The number of rotatable bonds is 4. The molecule has 2 N–H and O–H groups in total. The number of hydrogen-bond donors (Lipinski definition) is 2. The van der Waals surface area contributed by atoms with Crippen LogP contribution in [0.1, 0.15) is 29.3 Å². The monoisotopic (exact) mass is 288 g/mol. The molecule has 5 nitrogen and oxygen atoms in total. The smallest absolute Gasteiger partial charge is 0.335 e. The van der Waals surface area contributed by atoms with Crippen molar-refractivity contribution >= 4 is 12.0 Å². The van der Waals surface area contributed by atoms with Crippen LogP contribution in [0.25, 0.3) is 0 Å². The first kappa shape index (κ1) is 15.1. The molecule has 0 fully saturated rings. The molecule has 1 heterocycles. The van der Waals surface area contributed by atoms with E-state index >= 15 is 0 Å². The van der Waals surface area contributed by atoms with E-state index in [0.29, 0.717) is 25.1 Å². The van der Waals surface area contributed by atoms with Crippen LogP contribution in [-0.2, 0) is 6.42 Å². The summed E-state index contributed by atoms with van der Waals surface area (Å²) in [5, 5.41) is 11.9. The molecule has 1 aliphatic rings. The SMILES string of the molecule is CC1=CCN(C(=O)NCCc2ccccc2C(=O)O)CC1. The molecule has 0 saturated carbocycles. The summed E-state index contributed by atoms with van der Waals surface area (Å²) in [6, 6.07) is 6.78. The zero-order valence-electron chi connectivity index (χ0n) is 12.1. The average molecular weight is 288 g/mol. The van der Waals surface area contributed by atoms with E-state index in [2.05, 4.69) is 18.3 Å². The number of benzene rings is 1. The molecule has 1 aliphatic heterocycles. The Morgan fingerprint density at radius 2 is 2.10 bits per heavy atom. The molecule has 5 heteroatoms. The van der Waals surface area contributed by atoms with Crippen LogP contribution in [-0.4, -0.2) is 41.6 Å². The van der Waals surface area contributed by atoms with Crippen LogP contribution in [0.15, 0.2) is 35.9 Å². The lowest BCUT2D eigenvalue weighted by Gasteiger charge is -2.25. The molecule has 112 valence electrons. The number of carbonyl (C=O) groups excluding carboxylic acids is 1. The molecule has 0 aliphatic carbocycles. The highest BCUT2D eigenvalue weighted by molar-refractivity contribution is 5.89. The van der Waals surface area contributed by atoms with Gasteiger partial charge in [0.2, 0.25) is 0 Å². The Kier molecular flexibility index (Phi) is 4.98. The Bertz CT molecular complexity index is 566. The molecular formula is C16H20N2O3. The first-order valence-corrected chi connectivity index (χ1v) is 7.07. The fraction of sp³-hybridized carbons (Fsp3) is 0.375. The lowest BCUT2D eigenvalue weighted by atomic mass is 10.0. The first-order chi connectivity index (χ1) is 10.1. The Morgan fingerprint density at radius 3 is 2.76 bits per heavy atom. The van der Waals surface area contributed by atoms with Gasteiger partial charge in [-0.05, 0) is 31.4 Å². The zero-order valence-corrected chi connectivity index (χ0v) is 12.1. The van der Waals surface area contributed by atoms with Gasteiger partial charge in [0.25, 0.3) is 0 Å². The topological polar surface area (TPSA) is 69.6 Å². The van der Waals surface area contributed by atoms with E-state index in [1.54, 1.807) is 23.1 Å². The maximum atomic E-state index is 12.0. The number of carbonyl (C=O) groups is 2. The summed E-state index contributed by atoms with van der Waals surface area (Å²) >= 11 is 0. The molecule has 1 aromatic carbocycles. The summed E-state index contributed by atoms with van der Waals surface area (Å²) in [7, 11) is 0. The second kappa shape index (κ2) is 6.92. The summed E-state index contributed by atoms with van der Waals surface area (Å²) in [4.78, 5) is 24.8. The Hall–Kier alpha value is -2.30. The van der Waals surface area contributed by atoms with Gasteiger partial charge in [-0.3, -0.25) is 0 Å². The van der Waals surface area contributed by atoms with Gasteiger partial charge in [-0.1, -0.05) is 29.8 Å². The van der Waals surface area contributed by atoms with Crippen LogP contribution < -0.4 is 5.32 Å². The summed E-state index contributed by atoms with van der Waals surface area (Å²) < 4.78 is 0. The summed E-state index contributed by atoms with van der Waals surface area (Å²) in [6.45, 7) is 3.88. The van der Waals surface area contributed by atoms with Crippen molar-refractivity contribution in [3.8, 4) is 0 Å². The van der Waals surface area contributed by atoms with E-state index in [1.807, 2.05) is 6.07 Å². The van der Waals surface area contributed by atoms with E-state index in [1.165, 1.54) is 5.57 Å². The second-order valence-electron chi connectivity index (χ2n) is 5.19. The third kappa shape index (κ3) is 4.08. The third-order valence-corrected chi connectivity index (χ3v) is 3.64. The predicted molar refractivity (Wildman–Crippen MR) is 80.5 cm³/mol. The van der Waals surface area contributed by atoms with Crippen molar-refractivity contribution in [2.75, 3.05) is 19.6 Å². The van der Waals surface area contributed by atoms with Gasteiger partial charge in [0.15, 0.2) is 0 Å². The summed E-state index contributed by atoms with van der Waals surface area (Å²) in [5.41, 5.74) is 2.34. The zero-order chi connectivity index (χ0) is 15.2. The van der Waals surface area contributed by atoms with E-state index < -0.39 is 5.97 Å². The number of carboxylic acids is 1. The van der Waals surface area contributed by atoms with Crippen LogP contribution in [0.5, 0.6) is 0 Å². The Balaban J connectivity index is 1.85. The number of amides is 2. The van der Waals surface area contributed by atoms with Gasteiger partial charge in [-0.15, -0.1) is 0 Å². The molecule has 2 amide bonds. The minimum absolute atomic E-state index is 0.0912. The maximum absolute atomic E-state index is 12.0. The van der Waals surface area contributed by atoms with Crippen LogP contribution >= 0.6 is 0 Å². The van der Waals surface area contributed by atoms with E-state index in [4.69, 9.17) is 5.11 Å². The molecule has 0 unspecified atom stereocenters. The molecule has 2 rings (SSSR count). The molecule has 0 bridgehead atoms. The highest BCUT2D eigenvalue weighted by atomic mass is 16.4. The van der Waals surface area contributed by atoms with Crippen molar-refractivity contribution < 1.29 is 14.7 Å². The average Bonchev–Trinajstić information content (AvgIpc) is 2.48. The largest absolute Gasteiger partial charge is 0.478 e. The van der Waals surface area contributed by atoms with Crippen LogP contribution in [0, 0.1) is 0 Å². The number of aromatic carboxylic acids is 1. The van der Waals surface area contributed by atoms with Gasteiger partial charge in [0.1, 0.15) is 0 Å². The van der Waals surface area contributed by atoms with Crippen LogP contribution in [0.3, 0.4) is 0 Å². The molecule has 0 radical (unpaired) electrons. The number of carboxylic acid groups (broad SMARTS) is 1. The third-order valence-electron chi connectivity index (χ3n) is 3.64. The second-order valence-corrected chi connectivity index (χ2v) is 5.19. The predicted octanol–water partition coefficient (Wildman–Crippen LogP) is 2.29. The van der Waals surface area contributed by atoms with Crippen molar-refractivity contribution in [1.82, 2.24) is 10.2 Å². The molecule has 1 aromatic rings. The fourth-order valence-corrected chi connectivity index (χ4v) is 2.32. The van der Waals surface area contributed by atoms with Gasteiger partial charge in [-0.25, -0.2) is 9.59 Å². The minimum atomic E-state index is -0.937. The van der Waals surface area contributed by atoms with E-state index in [9.17, 15) is 9.59 Å². The molecule has 0 saturated heterocycles. The van der Waals surface area contributed by atoms with Crippen molar-refractivity contribution in [3.63, 3.8) is 0 Å². The van der Waals surface area contributed by atoms with Crippen LogP contribution in [0.4, 0.5) is 4.79 Å². The van der Waals surface area contributed by atoms with Crippen LogP contribution in [0.2, 0.25) is 0 Å². The first-order valence-electron chi connectivity index (χ1n) is 7.07. The van der Waals surface area contributed by atoms with Crippen molar-refractivity contribution in [3.05, 3.63) is 47.0 Å². The summed E-state index contributed by atoms with van der Waals surface area (Å²) in [6.07, 6.45) is 3.48. The quantitative estimate of drug-likeness (QED) is 0.835. The van der Waals surface area contributed by atoms with E-state index in [0.717, 1.165) is 18.5 Å². The molecule has 0 spiro atoms. The fourth-order valence-electron chi connectivity index (χ4n) is 2.32. The lowest BCUT2D eigenvalue weighted by molar-refractivity contribution is 0.0695. The number of nitrogens with one attached hydrogen (secondary N) is 1. The molecular weight excluding hydrogens is 268 g/mol. The van der Waals surface area contributed by atoms with Crippen molar-refractivity contribution in [2.24, 2.45) is 0 Å². The van der Waals surface area contributed by atoms with E-state index in [-0.39, 0.29) is 6.03 Å². The molecule has 0 aromatic heterocycles. The lowest BCUT2D eigenvalue weighted by Crippen LogP contribution is -2.42. The standard InChI is InChI=1S/C16H20N2O3/c1-12-7-10-18(11-8-12)16(21)17-9-6-13-4-2-3-5-14(13)15(19)20/h2-5,7H,6,8-11H2,1H3,(H,17,21)(H,19,20). The number of nitrogens with zero attached hydrogens (tertiary/aromatic N) is 1. The Labute approximate surface area is 124 Å². The summed E-state index contributed by atoms with van der Waals surface area (Å²) in [5.74, 6) is -0.937. The minimum Gasteiger partial charge on any atom is -0.478 e. The molecule has 21 heavy (non-hydrogen) atoms. The molecule has 0 atom stereocenters. The highest BCUT2D eigenvalue weighted by Gasteiger charge is 2.15. The maximum Gasteiger partial charge on any atom is 0.335 e. The van der Waals surface area contributed by atoms with Gasteiger partial charge < -0.3 is 15.3 Å². The number of urea groups is 1. The van der Waals surface area contributed by atoms with Gasteiger partial charge in [0.05, 0.1) is 5.56 Å². The Morgan fingerprint density at radius 1 is 1.33 bits per heavy atom. The highest BCUT2D eigenvalue weighted by Crippen LogP contribution is 2.10. The number of hydrogen-bond acceptors (Lipinski definition) is 2. The van der Waals surface area contributed by atoms with Gasteiger partial charge >= 0.3 is 12.0 Å². The van der Waals surface area contributed by atoms with Crippen molar-refractivity contribution in [2.45, 2.75) is 19.8 Å². The van der Waals surface area contributed by atoms with Gasteiger partial charge in [-0.2, -0.15) is 0 Å². The normalized spacial score (nSPS) is 14.5.